The van der Waals surface area contributed by atoms with Crippen LogP contribution in [0.15, 0.2) is 48.0 Å². The zero-order valence-corrected chi connectivity index (χ0v) is 18.2. The highest BCUT2D eigenvalue weighted by atomic mass is 16.5. The molecule has 0 aromatic heterocycles. The molecule has 0 radical (unpaired) electrons. The lowest BCUT2D eigenvalue weighted by Crippen LogP contribution is -2.40. The topological polar surface area (TPSA) is 76.1 Å². The Kier molecular flexibility index (Phi) is 5.37. The maximum Gasteiger partial charge on any atom is 0.295 e. The van der Waals surface area contributed by atoms with Gasteiger partial charge in [0.05, 0.1) is 25.3 Å². The molecule has 2 heterocycles. The van der Waals surface area contributed by atoms with Gasteiger partial charge in [-0.25, -0.2) is 0 Å². The first-order valence-electron chi connectivity index (χ1n) is 11.3. The molecule has 2 fully saturated rings. The van der Waals surface area contributed by atoms with E-state index < -0.39 is 17.7 Å². The number of hydrogen-bond donors (Lipinski definition) is 1. The molecule has 2 aromatic carbocycles. The summed E-state index contributed by atoms with van der Waals surface area (Å²) in [6.07, 6.45) is 5.72. The monoisotopic (exact) mass is 433 g/mol. The summed E-state index contributed by atoms with van der Waals surface area (Å²) in [5, 5.41) is 11.3. The van der Waals surface area contributed by atoms with Gasteiger partial charge in [0.25, 0.3) is 11.7 Å². The summed E-state index contributed by atoms with van der Waals surface area (Å²) in [5.74, 6) is 0.226. The van der Waals surface area contributed by atoms with E-state index in [2.05, 4.69) is 0 Å². The number of hydrogen-bond acceptors (Lipinski definition) is 5. The highest BCUT2D eigenvalue weighted by molar-refractivity contribution is 6.46. The third-order valence-electron chi connectivity index (χ3n) is 6.84. The van der Waals surface area contributed by atoms with Crippen LogP contribution >= 0.6 is 0 Å². The van der Waals surface area contributed by atoms with Crippen molar-refractivity contribution in [1.29, 1.82) is 0 Å². The molecule has 1 amide bonds. The standard InChI is InChI=1S/C26H27NO5/c1-31-20-10-7-16(8-11-20)23-22(24(28)18-9-12-21-17(15-18)13-14-32-21)25(29)26(30)27(23)19-5-3-2-4-6-19/h7-12,15,19,23,28H,2-6,13-14H2,1H3/b24-22-. The van der Waals surface area contributed by atoms with E-state index in [-0.39, 0.29) is 17.4 Å². The molecule has 5 rings (SSSR count). The molecule has 1 aliphatic carbocycles. The molecule has 2 aromatic rings. The highest BCUT2D eigenvalue weighted by Crippen LogP contribution is 2.43. The molecule has 0 bridgehead atoms. The summed E-state index contributed by atoms with van der Waals surface area (Å²) < 4.78 is 10.8. The predicted octanol–water partition coefficient (Wildman–Crippen LogP) is 4.38. The number of ether oxygens (including phenoxy) is 2. The number of amides is 1. The highest BCUT2D eigenvalue weighted by Gasteiger charge is 2.48. The van der Waals surface area contributed by atoms with E-state index in [1.54, 1.807) is 18.1 Å². The van der Waals surface area contributed by atoms with Gasteiger partial charge >= 0.3 is 0 Å². The van der Waals surface area contributed by atoms with Gasteiger partial charge in [-0.15, -0.1) is 0 Å². The normalized spacial score (nSPS) is 22.7. The van der Waals surface area contributed by atoms with Gasteiger partial charge in [-0.3, -0.25) is 9.59 Å². The minimum absolute atomic E-state index is 0.00831. The SMILES string of the molecule is COc1ccc(C2/C(=C(/O)c3ccc4c(c3)CCO4)C(=O)C(=O)N2C2CCCCC2)cc1. The van der Waals surface area contributed by atoms with Gasteiger partial charge in [0.1, 0.15) is 17.3 Å². The second-order valence-electron chi connectivity index (χ2n) is 8.69. The van der Waals surface area contributed by atoms with Crippen molar-refractivity contribution in [3.05, 3.63) is 64.7 Å². The third kappa shape index (κ3) is 3.44. The van der Waals surface area contributed by atoms with Crippen molar-refractivity contribution in [2.45, 2.75) is 50.6 Å². The number of Topliss-reactive ketones (excluding diaryl/α,β-unsaturated/α-hetero) is 1. The maximum absolute atomic E-state index is 13.3. The van der Waals surface area contributed by atoms with Gasteiger partial charge < -0.3 is 19.5 Å². The van der Waals surface area contributed by atoms with Crippen molar-refractivity contribution >= 4 is 17.4 Å². The number of benzene rings is 2. The Balaban J connectivity index is 1.63. The molecule has 1 unspecified atom stereocenters. The molecular weight excluding hydrogens is 406 g/mol. The summed E-state index contributed by atoms with van der Waals surface area (Å²) in [5.41, 5.74) is 2.48. The quantitative estimate of drug-likeness (QED) is 0.440. The Hall–Kier alpha value is -3.28. The summed E-state index contributed by atoms with van der Waals surface area (Å²) in [6, 6.07) is 12.2. The second-order valence-corrected chi connectivity index (χ2v) is 8.69. The molecule has 1 saturated carbocycles. The number of carbonyl (C=O) groups is 2. The summed E-state index contributed by atoms with van der Waals surface area (Å²) in [7, 11) is 1.60. The van der Waals surface area contributed by atoms with Crippen LogP contribution in [0.5, 0.6) is 11.5 Å². The Morgan fingerprint density at radius 2 is 1.81 bits per heavy atom. The fraction of sp³-hybridized carbons (Fsp3) is 0.385. The molecule has 3 aliphatic rings. The minimum atomic E-state index is -0.620. The molecule has 1 atom stereocenters. The molecule has 6 heteroatoms. The molecule has 1 saturated heterocycles. The minimum Gasteiger partial charge on any atom is -0.507 e. The lowest BCUT2D eigenvalue weighted by molar-refractivity contribution is -0.141. The van der Waals surface area contributed by atoms with Gasteiger partial charge in [-0.05, 0) is 54.3 Å². The van der Waals surface area contributed by atoms with Gasteiger partial charge in [0.2, 0.25) is 0 Å². The Bertz CT molecular complexity index is 1080. The summed E-state index contributed by atoms with van der Waals surface area (Å²) >= 11 is 0. The van der Waals surface area contributed by atoms with E-state index in [0.717, 1.165) is 55.4 Å². The number of carbonyl (C=O) groups excluding carboxylic acids is 2. The molecule has 6 nitrogen and oxygen atoms in total. The largest absolute Gasteiger partial charge is 0.507 e. The van der Waals surface area contributed by atoms with Crippen molar-refractivity contribution in [2.24, 2.45) is 0 Å². The fourth-order valence-corrected chi connectivity index (χ4v) is 5.19. The van der Waals surface area contributed by atoms with Crippen LogP contribution in [0.1, 0.15) is 54.8 Å². The van der Waals surface area contributed by atoms with E-state index >= 15 is 0 Å². The lowest BCUT2D eigenvalue weighted by atomic mass is 9.90. The number of methoxy groups -OCH3 is 1. The molecule has 0 spiro atoms. The predicted molar refractivity (Wildman–Crippen MR) is 120 cm³/mol. The van der Waals surface area contributed by atoms with Gasteiger partial charge in [-0.1, -0.05) is 31.4 Å². The molecule has 166 valence electrons. The Morgan fingerprint density at radius 1 is 1.06 bits per heavy atom. The van der Waals surface area contributed by atoms with Crippen LogP contribution < -0.4 is 9.47 Å². The average Bonchev–Trinajstić information content (AvgIpc) is 3.41. The van der Waals surface area contributed by atoms with Crippen molar-refractivity contribution in [1.82, 2.24) is 4.90 Å². The van der Waals surface area contributed by atoms with Crippen LogP contribution in [0.2, 0.25) is 0 Å². The van der Waals surface area contributed by atoms with E-state index in [1.165, 1.54) is 0 Å². The van der Waals surface area contributed by atoms with Crippen molar-refractivity contribution < 1.29 is 24.2 Å². The van der Waals surface area contributed by atoms with E-state index in [4.69, 9.17) is 9.47 Å². The number of aliphatic hydroxyl groups excluding tert-OH is 1. The van der Waals surface area contributed by atoms with Gasteiger partial charge in [0.15, 0.2) is 0 Å². The van der Waals surface area contributed by atoms with Crippen LogP contribution in [0.3, 0.4) is 0 Å². The van der Waals surface area contributed by atoms with Crippen molar-refractivity contribution in [2.75, 3.05) is 13.7 Å². The first kappa shape index (κ1) is 20.6. The Morgan fingerprint density at radius 3 is 2.53 bits per heavy atom. The van der Waals surface area contributed by atoms with Crippen molar-refractivity contribution in [3.8, 4) is 11.5 Å². The Labute approximate surface area is 187 Å². The van der Waals surface area contributed by atoms with E-state index in [0.29, 0.717) is 17.9 Å². The first-order chi connectivity index (χ1) is 15.6. The van der Waals surface area contributed by atoms with E-state index in [1.807, 2.05) is 36.4 Å². The van der Waals surface area contributed by atoms with Crippen LogP contribution in [-0.2, 0) is 16.0 Å². The number of likely N-dealkylation sites (tertiary alicyclic amines) is 1. The summed E-state index contributed by atoms with van der Waals surface area (Å²) in [6.45, 7) is 0.609. The average molecular weight is 434 g/mol. The van der Waals surface area contributed by atoms with Crippen molar-refractivity contribution in [3.63, 3.8) is 0 Å². The maximum atomic E-state index is 13.3. The first-order valence-corrected chi connectivity index (χ1v) is 11.3. The molecular formula is C26H27NO5. The smallest absolute Gasteiger partial charge is 0.295 e. The lowest BCUT2D eigenvalue weighted by Gasteiger charge is -2.35. The third-order valence-corrected chi connectivity index (χ3v) is 6.84. The second kappa shape index (κ2) is 8.34. The fourth-order valence-electron chi connectivity index (χ4n) is 5.19. The molecule has 32 heavy (non-hydrogen) atoms. The number of rotatable bonds is 4. The number of aliphatic hydroxyl groups is 1. The summed E-state index contributed by atoms with van der Waals surface area (Å²) in [4.78, 5) is 28.2. The zero-order valence-electron chi connectivity index (χ0n) is 18.2. The van der Waals surface area contributed by atoms with Crippen LogP contribution in [0.4, 0.5) is 0 Å². The molecule has 1 N–H and O–H groups in total. The van der Waals surface area contributed by atoms with Crippen LogP contribution in [0.25, 0.3) is 5.76 Å². The van der Waals surface area contributed by atoms with E-state index in [9.17, 15) is 14.7 Å². The zero-order chi connectivity index (χ0) is 22.2. The van der Waals surface area contributed by atoms with Crippen LogP contribution in [-0.4, -0.2) is 41.5 Å². The van der Waals surface area contributed by atoms with Gasteiger partial charge in [0, 0.05) is 18.0 Å². The molecule has 2 aliphatic heterocycles. The van der Waals surface area contributed by atoms with Crippen LogP contribution in [0, 0.1) is 0 Å². The number of nitrogens with zero attached hydrogens (tertiary/aromatic N) is 1. The number of fused-ring (bicyclic) bond motifs is 1. The van der Waals surface area contributed by atoms with Gasteiger partial charge in [-0.2, -0.15) is 0 Å². The number of ketones is 1.